The third-order valence-electron chi connectivity index (χ3n) is 4.41. The van der Waals surface area contributed by atoms with E-state index in [0.717, 1.165) is 31.0 Å². The first kappa shape index (κ1) is 14.0. The largest absolute Gasteiger partial charge is 0.345 e. The molecule has 2 amide bonds. The van der Waals surface area contributed by atoms with Gasteiger partial charge < -0.3 is 10.2 Å². The Balaban J connectivity index is 1.95. The van der Waals surface area contributed by atoms with E-state index in [1.54, 1.807) is 0 Å². The predicted octanol–water partition coefficient (Wildman–Crippen LogP) is 1.74. The first-order valence-electron chi connectivity index (χ1n) is 7.06. The highest BCUT2D eigenvalue weighted by atomic mass is 19.1. The summed E-state index contributed by atoms with van der Waals surface area (Å²) in [6.45, 7) is -0.159. The maximum Gasteiger partial charge on any atom is 0.246 e. The number of rotatable bonds is 2. The summed E-state index contributed by atoms with van der Waals surface area (Å²) >= 11 is 0. The van der Waals surface area contributed by atoms with Crippen LogP contribution in [0.25, 0.3) is 0 Å². The molecule has 0 radical (unpaired) electrons. The van der Waals surface area contributed by atoms with Crippen LogP contribution in [0.2, 0.25) is 0 Å². The lowest BCUT2D eigenvalue weighted by Gasteiger charge is -2.43. The highest BCUT2D eigenvalue weighted by Crippen LogP contribution is 2.38. The fraction of sp³-hybridized carbons (Fsp3) is 0.467. The Bertz CT molecular complexity index is 597. The molecule has 0 bridgehead atoms. The van der Waals surface area contributed by atoms with Crippen LogP contribution in [0.15, 0.2) is 18.2 Å². The van der Waals surface area contributed by atoms with Gasteiger partial charge in [0.15, 0.2) is 0 Å². The number of piperazine rings is 1. The number of hydrogen-bond acceptors (Lipinski definition) is 2. The number of carbonyl (C=O) groups is 2. The second kappa shape index (κ2) is 5.09. The average molecular weight is 294 g/mol. The van der Waals surface area contributed by atoms with E-state index in [9.17, 15) is 18.4 Å². The maximum absolute atomic E-state index is 13.8. The van der Waals surface area contributed by atoms with E-state index in [-0.39, 0.29) is 30.5 Å². The summed E-state index contributed by atoms with van der Waals surface area (Å²) in [6, 6.07) is 3.16. The monoisotopic (exact) mass is 294 g/mol. The van der Waals surface area contributed by atoms with E-state index < -0.39 is 17.2 Å². The Labute approximate surface area is 121 Å². The molecule has 21 heavy (non-hydrogen) atoms. The van der Waals surface area contributed by atoms with Crippen LogP contribution in [0, 0.1) is 11.6 Å². The SMILES string of the molecule is O=C1CNC(=O)C2(CCCC2)N1Cc1cc(F)ccc1F. The molecule has 0 unspecified atom stereocenters. The fourth-order valence-electron chi connectivity index (χ4n) is 3.31. The quantitative estimate of drug-likeness (QED) is 0.903. The molecular weight excluding hydrogens is 278 g/mol. The van der Waals surface area contributed by atoms with Crippen LogP contribution < -0.4 is 5.32 Å². The number of hydrogen-bond donors (Lipinski definition) is 1. The molecule has 1 aliphatic heterocycles. The van der Waals surface area contributed by atoms with E-state index in [0.29, 0.717) is 12.8 Å². The van der Waals surface area contributed by atoms with Gasteiger partial charge in [-0.25, -0.2) is 8.78 Å². The number of nitrogens with zero attached hydrogens (tertiary/aromatic N) is 1. The van der Waals surface area contributed by atoms with Crippen LogP contribution >= 0.6 is 0 Å². The van der Waals surface area contributed by atoms with Crippen molar-refractivity contribution in [2.75, 3.05) is 6.54 Å². The van der Waals surface area contributed by atoms with Gasteiger partial charge in [-0.1, -0.05) is 12.8 Å². The zero-order valence-corrected chi connectivity index (χ0v) is 11.5. The Kier molecular flexibility index (Phi) is 3.39. The maximum atomic E-state index is 13.8. The van der Waals surface area contributed by atoms with Crippen molar-refractivity contribution in [3.05, 3.63) is 35.4 Å². The van der Waals surface area contributed by atoms with Crippen LogP contribution in [-0.4, -0.2) is 28.8 Å². The van der Waals surface area contributed by atoms with Crippen molar-refractivity contribution in [1.82, 2.24) is 10.2 Å². The van der Waals surface area contributed by atoms with Gasteiger partial charge in [-0.2, -0.15) is 0 Å². The zero-order chi connectivity index (χ0) is 15.0. The molecule has 112 valence electrons. The number of carbonyl (C=O) groups excluding carboxylic acids is 2. The minimum atomic E-state index is -0.895. The van der Waals surface area contributed by atoms with Crippen LogP contribution in [0.4, 0.5) is 8.78 Å². The Morgan fingerprint density at radius 3 is 2.62 bits per heavy atom. The molecule has 1 heterocycles. The molecular formula is C15H16F2N2O2. The lowest BCUT2D eigenvalue weighted by Crippen LogP contribution is -2.65. The van der Waals surface area contributed by atoms with Crippen molar-refractivity contribution >= 4 is 11.8 Å². The second-order valence-electron chi connectivity index (χ2n) is 5.64. The standard InChI is InChI=1S/C15H16F2N2O2/c16-11-3-4-12(17)10(7-11)9-19-13(20)8-18-14(21)15(19)5-1-2-6-15/h3-4,7H,1-2,5-6,8-9H2,(H,18,21). The van der Waals surface area contributed by atoms with Crippen molar-refractivity contribution in [1.29, 1.82) is 0 Å². The molecule has 1 spiro atoms. The summed E-state index contributed by atoms with van der Waals surface area (Å²) < 4.78 is 27.1. The van der Waals surface area contributed by atoms with Gasteiger partial charge in [-0.05, 0) is 31.0 Å². The van der Waals surface area contributed by atoms with Gasteiger partial charge in [0.05, 0.1) is 6.54 Å². The molecule has 2 aliphatic rings. The van der Waals surface area contributed by atoms with E-state index in [2.05, 4.69) is 5.32 Å². The molecule has 0 atom stereocenters. The minimum absolute atomic E-state index is 0.0736. The normalized spacial score (nSPS) is 21.0. The molecule has 3 rings (SSSR count). The van der Waals surface area contributed by atoms with E-state index >= 15 is 0 Å². The van der Waals surface area contributed by atoms with Crippen LogP contribution in [0.5, 0.6) is 0 Å². The van der Waals surface area contributed by atoms with Crippen molar-refractivity contribution in [3.63, 3.8) is 0 Å². The third kappa shape index (κ3) is 2.28. The van der Waals surface area contributed by atoms with Crippen molar-refractivity contribution < 1.29 is 18.4 Å². The highest BCUT2D eigenvalue weighted by Gasteiger charge is 2.50. The van der Waals surface area contributed by atoms with Crippen LogP contribution in [0.1, 0.15) is 31.2 Å². The number of amides is 2. The van der Waals surface area contributed by atoms with E-state index in [4.69, 9.17) is 0 Å². The summed E-state index contributed by atoms with van der Waals surface area (Å²) in [5.41, 5.74) is -0.794. The van der Waals surface area contributed by atoms with Gasteiger partial charge in [0.2, 0.25) is 11.8 Å². The highest BCUT2D eigenvalue weighted by molar-refractivity contribution is 5.98. The molecule has 0 aromatic heterocycles. The van der Waals surface area contributed by atoms with Gasteiger partial charge in [0.1, 0.15) is 17.2 Å². The van der Waals surface area contributed by atoms with Crippen molar-refractivity contribution in [3.8, 4) is 0 Å². The van der Waals surface area contributed by atoms with Crippen LogP contribution in [0.3, 0.4) is 0 Å². The van der Waals surface area contributed by atoms with Gasteiger partial charge in [0, 0.05) is 12.1 Å². The molecule has 2 fully saturated rings. The first-order chi connectivity index (χ1) is 10.0. The summed E-state index contributed by atoms with van der Waals surface area (Å²) in [6.07, 6.45) is 2.84. The third-order valence-corrected chi connectivity index (χ3v) is 4.41. The summed E-state index contributed by atoms with van der Waals surface area (Å²) in [7, 11) is 0. The molecule has 1 aromatic rings. The lowest BCUT2D eigenvalue weighted by atomic mass is 9.90. The molecule has 4 nitrogen and oxygen atoms in total. The van der Waals surface area contributed by atoms with Gasteiger partial charge in [0.25, 0.3) is 0 Å². The predicted molar refractivity (Wildman–Crippen MR) is 71.1 cm³/mol. The molecule has 1 saturated carbocycles. The van der Waals surface area contributed by atoms with Gasteiger partial charge >= 0.3 is 0 Å². The molecule has 6 heteroatoms. The fourth-order valence-corrected chi connectivity index (χ4v) is 3.31. The smallest absolute Gasteiger partial charge is 0.246 e. The zero-order valence-electron chi connectivity index (χ0n) is 11.5. The Morgan fingerprint density at radius 1 is 1.19 bits per heavy atom. The first-order valence-corrected chi connectivity index (χ1v) is 7.06. The van der Waals surface area contributed by atoms with Crippen LogP contribution in [-0.2, 0) is 16.1 Å². The summed E-state index contributed by atoms with van der Waals surface area (Å²) in [5.74, 6) is -1.55. The lowest BCUT2D eigenvalue weighted by molar-refractivity contribution is -0.154. The van der Waals surface area contributed by atoms with E-state index in [1.165, 1.54) is 4.90 Å². The summed E-state index contributed by atoms with van der Waals surface area (Å²) in [4.78, 5) is 25.9. The topological polar surface area (TPSA) is 49.4 Å². The number of nitrogens with one attached hydrogen (secondary N) is 1. The van der Waals surface area contributed by atoms with Gasteiger partial charge in [-0.15, -0.1) is 0 Å². The summed E-state index contributed by atoms with van der Waals surface area (Å²) in [5, 5.41) is 2.61. The Hall–Kier alpha value is -1.98. The molecule has 1 saturated heterocycles. The number of benzene rings is 1. The molecule has 1 aromatic carbocycles. The minimum Gasteiger partial charge on any atom is -0.345 e. The van der Waals surface area contributed by atoms with Crippen molar-refractivity contribution in [2.24, 2.45) is 0 Å². The molecule has 1 N–H and O–H groups in total. The number of halogens is 2. The molecule has 1 aliphatic carbocycles. The Morgan fingerprint density at radius 2 is 1.90 bits per heavy atom. The second-order valence-corrected chi connectivity index (χ2v) is 5.64. The van der Waals surface area contributed by atoms with E-state index in [1.807, 2.05) is 0 Å². The average Bonchev–Trinajstić information content (AvgIpc) is 2.94. The van der Waals surface area contributed by atoms with Gasteiger partial charge in [-0.3, -0.25) is 9.59 Å². The van der Waals surface area contributed by atoms with Crippen molar-refractivity contribution in [2.45, 2.75) is 37.8 Å².